The molecule has 6 nitrogen and oxygen atoms in total. The first-order valence-electron chi connectivity index (χ1n) is 11.7. The summed E-state index contributed by atoms with van der Waals surface area (Å²) in [6.07, 6.45) is 9.61. The molecule has 3 unspecified atom stereocenters. The van der Waals surface area contributed by atoms with Crippen LogP contribution < -0.4 is 9.47 Å². The van der Waals surface area contributed by atoms with Gasteiger partial charge in [-0.3, -0.25) is 4.79 Å². The van der Waals surface area contributed by atoms with E-state index in [2.05, 4.69) is 17.0 Å². The molecular formula is C26H34N2O4. The molecule has 4 rings (SSSR count). The molecule has 1 saturated heterocycles. The Kier molecular flexibility index (Phi) is 6.87. The highest BCUT2D eigenvalue weighted by molar-refractivity contribution is 5.92. The quantitative estimate of drug-likeness (QED) is 0.571. The van der Waals surface area contributed by atoms with Crippen molar-refractivity contribution in [1.29, 1.82) is 0 Å². The number of nitrogens with zero attached hydrogens (tertiary/aromatic N) is 2. The van der Waals surface area contributed by atoms with Crippen molar-refractivity contribution in [2.24, 2.45) is 11.8 Å². The number of benzene rings is 1. The molecule has 1 aromatic heterocycles. The third kappa shape index (κ3) is 4.69. The second-order valence-corrected chi connectivity index (χ2v) is 9.15. The Hall–Kier alpha value is -2.76. The largest absolute Gasteiger partial charge is 0.493 e. The van der Waals surface area contributed by atoms with Crippen LogP contribution in [0.5, 0.6) is 11.5 Å². The first-order valence-corrected chi connectivity index (χ1v) is 11.7. The third-order valence-corrected chi connectivity index (χ3v) is 7.18. The number of methoxy groups -OCH3 is 1. The average Bonchev–Trinajstić information content (AvgIpc) is 3.13. The third-order valence-electron chi connectivity index (χ3n) is 7.18. The summed E-state index contributed by atoms with van der Waals surface area (Å²) in [5.41, 5.74) is 2.68. The summed E-state index contributed by atoms with van der Waals surface area (Å²) in [4.78, 5) is 15.1. The Bertz CT molecular complexity index is 961. The maximum atomic E-state index is 13.0. The standard InChI is InChI=1S/C26H34N2O4/c1-17-13-14-28(23-8-6-5-7-21(17)23)26(29)12-10-20-9-11-24(25(15-20)30-4)31-16-22-18(2)27-32-19(22)3/h9-12,15,17,21,23H,5-8,13-14,16H2,1-4H3. The molecule has 6 heteroatoms. The lowest BCUT2D eigenvalue weighted by molar-refractivity contribution is -0.133. The zero-order valence-electron chi connectivity index (χ0n) is 19.6. The smallest absolute Gasteiger partial charge is 0.246 e. The second-order valence-electron chi connectivity index (χ2n) is 9.15. The molecule has 2 heterocycles. The van der Waals surface area contributed by atoms with E-state index in [0.717, 1.165) is 47.9 Å². The second kappa shape index (κ2) is 9.80. The van der Waals surface area contributed by atoms with Gasteiger partial charge in [-0.1, -0.05) is 31.0 Å². The first kappa shape index (κ1) is 22.4. The number of carbonyl (C=O) groups is 1. The summed E-state index contributed by atoms with van der Waals surface area (Å²) in [5.74, 6) is 3.52. The van der Waals surface area contributed by atoms with Crippen molar-refractivity contribution < 1.29 is 18.8 Å². The fourth-order valence-corrected chi connectivity index (χ4v) is 5.22. The van der Waals surface area contributed by atoms with Crippen molar-refractivity contribution in [3.63, 3.8) is 0 Å². The van der Waals surface area contributed by atoms with Gasteiger partial charge in [-0.2, -0.15) is 0 Å². The van der Waals surface area contributed by atoms with E-state index in [-0.39, 0.29) is 5.91 Å². The maximum absolute atomic E-state index is 13.0. The summed E-state index contributed by atoms with van der Waals surface area (Å²) < 4.78 is 16.7. The van der Waals surface area contributed by atoms with Crippen molar-refractivity contribution in [1.82, 2.24) is 10.1 Å². The number of hydrogen-bond donors (Lipinski definition) is 0. The molecule has 0 spiro atoms. The number of hydrogen-bond acceptors (Lipinski definition) is 5. The van der Waals surface area contributed by atoms with Gasteiger partial charge < -0.3 is 18.9 Å². The lowest BCUT2D eigenvalue weighted by Gasteiger charge is -2.47. The minimum Gasteiger partial charge on any atom is -0.493 e. The van der Waals surface area contributed by atoms with Crippen LogP contribution in [0.4, 0.5) is 0 Å². The van der Waals surface area contributed by atoms with Crippen LogP contribution in [0.2, 0.25) is 0 Å². The Morgan fingerprint density at radius 2 is 2.03 bits per heavy atom. The van der Waals surface area contributed by atoms with E-state index in [1.807, 2.05) is 38.1 Å². The van der Waals surface area contributed by atoms with E-state index in [0.29, 0.717) is 30.1 Å². The summed E-state index contributed by atoms with van der Waals surface area (Å²) >= 11 is 0. The number of fused-ring (bicyclic) bond motifs is 1. The molecule has 32 heavy (non-hydrogen) atoms. The van der Waals surface area contributed by atoms with Crippen LogP contribution in [-0.2, 0) is 11.4 Å². The zero-order valence-corrected chi connectivity index (χ0v) is 19.6. The van der Waals surface area contributed by atoms with Gasteiger partial charge in [0.1, 0.15) is 12.4 Å². The Morgan fingerprint density at radius 1 is 1.22 bits per heavy atom. The number of aromatic nitrogens is 1. The van der Waals surface area contributed by atoms with Crippen molar-refractivity contribution in [2.75, 3.05) is 13.7 Å². The Labute approximate surface area is 190 Å². The van der Waals surface area contributed by atoms with Crippen molar-refractivity contribution in [3.05, 3.63) is 46.9 Å². The number of carbonyl (C=O) groups excluding carboxylic acids is 1. The van der Waals surface area contributed by atoms with Crippen LogP contribution in [0.25, 0.3) is 6.08 Å². The highest BCUT2D eigenvalue weighted by Crippen LogP contribution is 2.39. The van der Waals surface area contributed by atoms with E-state index in [4.69, 9.17) is 14.0 Å². The average molecular weight is 439 g/mol. The predicted octanol–water partition coefficient (Wildman–Crippen LogP) is 5.32. The molecule has 1 aromatic carbocycles. The van der Waals surface area contributed by atoms with Gasteiger partial charge in [0.2, 0.25) is 5.91 Å². The molecule has 2 aromatic rings. The Balaban J connectivity index is 1.43. The fourth-order valence-electron chi connectivity index (χ4n) is 5.22. The van der Waals surface area contributed by atoms with Gasteiger partial charge in [0.25, 0.3) is 0 Å². The van der Waals surface area contributed by atoms with E-state index in [9.17, 15) is 4.79 Å². The number of ether oxygens (including phenoxy) is 2. The summed E-state index contributed by atoms with van der Waals surface area (Å²) in [6.45, 7) is 7.35. The number of aryl methyl sites for hydroxylation is 2. The molecule has 1 amide bonds. The molecule has 0 bridgehead atoms. The van der Waals surface area contributed by atoms with Gasteiger partial charge in [-0.15, -0.1) is 0 Å². The minimum atomic E-state index is 0.117. The summed E-state index contributed by atoms with van der Waals surface area (Å²) in [7, 11) is 1.62. The molecule has 1 aliphatic heterocycles. The zero-order chi connectivity index (χ0) is 22.7. The molecule has 0 N–H and O–H groups in total. The molecule has 2 fully saturated rings. The lowest BCUT2D eigenvalue weighted by atomic mass is 9.72. The molecule has 0 radical (unpaired) electrons. The topological polar surface area (TPSA) is 64.8 Å². The van der Waals surface area contributed by atoms with Gasteiger partial charge in [-0.05, 0) is 68.7 Å². The van der Waals surface area contributed by atoms with Gasteiger partial charge in [0.15, 0.2) is 11.5 Å². The number of likely N-dealkylation sites (tertiary alicyclic amines) is 1. The number of piperidine rings is 1. The van der Waals surface area contributed by atoms with Crippen LogP contribution in [0, 0.1) is 25.7 Å². The van der Waals surface area contributed by atoms with Gasteiger partial charge in [-0.25, -0.2) is 0 Å². The monoisotopic (exact) mass is 438 g/mol. The predicted molar refractivity (Wildman–Crippen MR) is 124 cm³/mol. The Morgan fingerprint density at radius 3 is 2.78 bits per heavy atom. The normalized spacial score (nSPS) is 23.2. The summed E-state index contributed by atoms with van der Waals surface area (Å²) in [6, 6.07) is 6.12. The molecule has 3 atom stereocenters. The van der Waals surface area contributed by atoms with Crippen LogP contribution in [0.1, 0.15) is 61.6 Å². The van der Waals surface area contributed by atoms with Crippen LogP contribution >= 0.6 is 0 Å². The van der Waals surface area contributed by atoms with E-state index in [1.165, 1.54) is 19.3 Å². The van der Waals surface area contributed by atoms with Gasteiger partial charge in [0, 0.05) is 18.7 Å². The van der Waals surface area contributed by atoms with Crippen LogP contribution in [0.3, 0.4) is 0 Å². The minimum absolute atomic E-state index is 0.117. The van der Waals surface area contributed by atoms with Crippen molar-refractivity contribution in [2.45, 2.75) is 65.5 Å². The van der Waals surface area contributed by atoms with Gasteiger partial charge >= 0.3 is 0 Å². The molecule has 2 aliphatic rings. The first-order chi connectivity index (χ1) is 15.5. The van der Waals surface area contributed by atoms with Crippen LogP contribution in [-0.4, -0.2) is 35.7 Å². The van der Waals surface area contributed by atoms with Crippen molar-refractivity contribution >= 4 is 12.0 Å². The van der Waals surface area contributed by atoms with Crippen LogP contribution in [0.15, 0.2) is 28.8 Å². The molecule has 1 saturated carbocycles. The highest BCUT2D eigenvalue weighted by atomic mass is 16.5. The molecular weight excluding hydrogens is 404 g/mol. The van der Waals surface area contributed by atoms with E-state index in [1.54, 1.807) is 13.2 Å². The van der Waals surface area contributed by atoms with Crippen molar-refractivity contribution in [3.8, 4) is 11.5 Å². The SMILES string of the molecule is COc1cc(C=CC(=O)N2CCC(C)C3CCCCC32)ccc1OCc1c(C)noc1C. The maximum Gasteiger partial charge on any atom is 0.246 e. The van der Waals surface area contributed by atoms with Gasteiger partial charge in [0.05, 0.1) is 18.4 Å². The lowest BCUT2D eigenvalue weighted by Crippen LogP contribution is -2.51. The number of rotatable bonds is 6. The summed E-state index contributed by atoms with van der Waals surface area (Å²) in [5, 5.41) is 3.96. The van der Waals surface area contributed by atoms with E-state index < -0.39 is 0 Å². The molecule has 1 aliphatic carbocycles. The number of amides is 1. The highest BCUT2D eigenvalue weighted by Gasteiger charge is 2.38. The fraction of sp³-hybridized carbons (Fsp3) is 0.538. The van der Waals surface area contributed by atoms with E-state index >= 15 is 0 Å². The molecule has 172 valence electrons.